The summed E-state index contributed by atoms with van der Waals surface area (Å²) in [5.74, 6) is -0.00930. The number of nitrogens with zero attached hydrogens (tertiary/aromatic N) is 3. The van der Waals surface area contributed by atoms with Gasteiger partial charge in [-0.25, -0.2) is 9.97 Å². The van der Waals surface area contributed by atoms with Gasteiger partial charge in [-0.2, -0.15) is 8.42 Å². The molecular weight excluding hydrogens is 318 g/mol. The van der Waals surface area contributed by atoms with E-state index < -0.39 is 15.0 Å². The lowest BCUT2D eigenvalue weighted by Crippen LogP contribution is -2.07. The zero-order chi connectivity index (χ0) is 15.5. The molecule has 10 heteroatoms. The lowest BCUT2D eigenvalue weighted by Gasteiger charge is -2.07. The summed E-state index contributed by atoms with van der Waals surface area (Å²) in [6.45, 7) is 0. The molecule has 0 unspecified atom stereocenters. The Morgan fingerprint density at radius 1 is 1.19 bits per heavy atom. The Morgan fingerprint density at radius 2 is 1.81 bits per heavy atom. The number of hydrogen-bond donors (Lipinski definition) is 0. The molecule has 8 nitrogen and oxygen atoms in total. The van der Waals surface area contributed by atoms with Gasteiger partial charge in [0.25, 0.3) is 0 Å². The van der Waals surface area contributed by atoms with Crippen LogP contribution in [0.4, 0.5) is 5.69 Å². The maximum absolute atomic E-state index is 11.2. The fourth-order valence-electron chi connectivity index (χ4n) is 1.37. The van der Waals surface area contributed by atoms with Crippen LogP contribution in [-0.2, 0) is 10.1 Å². The van der Waals surface area contributed by atoms with E-state index in [1.165, 1.54) is 36.7 Å². The van der Waals surface area contributed by atoms with Crippen molar-refractivity contribution in [1.29, 1.82) is 0 Å². The largest absolute Gasteiger partial charge is 0.380 e. The predicted octanol–water partition coefficient (Wildman–Crippen LogP) is 1.87. The Morgan fingerprint density at radius 3 is 2.43 bits per heavy atom. The standard InChI is InChI=1S/C11H9N3O5S2/c1-21(17,18)19-9-5-3-7-13-11(9)20-10-8(14(15)16)4-2-6-12-10/h2-7H,1H3. The minimum Gasteiger partial charge on any atom is -0.380 e. The van der Waals surface area contributed by atoms with E-state index in [4.69, 9.17) is 4.18 Å². The van der Waals surface area contributed by atoms with Crippen LogP contribution in [0.15, 0.2) is 46.7 Å². The average molecular weight is 327 g/mol. The molecule has 0 aliphatic rings. The van der Waals surface area contributed by atoms with Gasteiger partial charge in [0.05, 0.1) is 11.2 Å². The molecule has 0 saturated heterocycles. The number of aromatic nitrogens is 2. The van der Waals surface area contributed by atoms with E-state index in [1.54, 1.807) is 0 Å². The topological polar surface area (TPSA) is 112 Å². The summed E-state index contributed by atoms with van der Waals surface area (Å²) >= 11 is 0.857. The van der Waals surface area contributed by atoms with E-state index >= 15 is 0 Å². The molecule has 0 atom stereocenters. The highest BCUT2D eigenvalue weighted by Crippen LogP contribution is 2.36. The first-order chi connectivity index (χ1) is 9.87. The van der Waals surface area contributed by atoms with Crippen molar-refractivity contribution in [2.45, 2.75) is 10.1 Å². The number of rotatable bonds is 5. The molecule has 0 aliphatic carbocycles. The summed E-state index contributed by atoms with van der Waals surface area (Å²) in [4.78, 5) is 18.2. The van der Waals surface area contributed by atoms with Crippen LogP contribution in [0.25, 0.3) is 0 Å². The highest BCUT2D eigenvalue weighted by molar-refractivity contribution is 7.99. The van der Waals surface area contributed by atoms with Gasteiger partial charge in [0.15, 0.2) is 10.8 Å². The molecule has 0 aliphatic heterocycles. The molecule has 0 saturated carbocycles. The van der Waals surface area contributed by atoms with E-state index in [2.05, 4.69) is 9.97 Å². The third-order valence-electron chi connectivity index (χ3n) is 2.12. The molecule has 2 aromatic rings. The number of hydrogen-bond acceptors (Lipinski definition) is 8. The molecule has 0 bridgehead atoms. The molecule has 0 spiro atoms. The molecule has 0 radical (unpaired) electrons. The van der Waals surface area contributed by atoms with E-state index in [9.17, 15) is 18.5 Å². The van der Waals surface area contributed by atoms with E-state index in [0.29, 0.717) is 0 Å². The summed E-state index contributed by atoms with van der Waals surface area (Å²) in [5.41, 5.74) is -0.196. The van der Waals surface area contributed by atoms with Crippen molar-refractivity contribution in [3.63, 3.8) is 0 Å². The van der Waals surface area contributed by atoms with Crippen LogP contribution in [0.3, 0.4) is 0 Å². The van der Waals surface area contributed by atoms with Gasteiger partial charge < -0.3 is 4.18 Å². The van der Waals surface area contributed by atoms with Crippen LogP contribution in [-0.4, -0.2) is 29.6 Å². The second-order valence-electron chi connectivity index (χ2n) is 3.78. The third-order valence-corrected chi connectivity index (χ3v) is 3.61. The van der Waals surface area contributed by atoms with Crippen LogP contribution in [0.2, 0.25) is 0 Å². The first-order valence-electron chi connectivity index (χ1n) is 5.48. The molecule has 0 amide bonds. The second kappa shape index (κ2) is 6.06. The normalized spacial score (nSPS) is 11.1. The van der Waals surface area contributed by atoms with Crippen molar-refractivity contribution in [1.82, 2.24) is 9.97 Å². The van der Waals surface area contributed by atoms with Crippen molar-refractivity contribution in [2.75, 3.05) is 6.26 Å². The summed E-state index contributed by atoms with van der Waals surface area (Å²) in [6, 6.07) is 5.65. The first kappa shape index (κ1) is 15.2. The smallest absolute Gasteiger partial charge is 0.306 e. The highest BCUT2D eigenvalue weighted by atomic mass is 32.2. The predicted molar refractivity (Wildman–Crippen MR) is 74.7 cm³/mol. The fourth-order valence-corrected chi connectivity index (χ4v) is 2.75. The van der Waals surface area contributed by atoms with Crippen molar-refractivity contribution < 1.29 is 17.5 Å². The van der Waals surface area contributed by atoms with Crippen LogP contribution < -0.4 is 4.18 Å². The highest BCUT2D eigenvalue weighted by Gasteiger charge is 2.19. The summed E-state index contributed by atoms with van der Waals surface area (Å²) < 4.78 is 27.2. The van der Waals surface area contributed by atoms with Crippen molar-refractivity contribution in [3.8, 4) is 5.75 Å². The monoisotopic (exact) mass is 327 g/mol. The Bertz CT molecular complexity index is 779. The Hall–Kier alpha value is -2.20. The molecule has 2 rings (SSSR count). The van der Waals surface area contributed by atoms with Gasteiger partial charge in [0.2, 0.25) is 0 Å². The molecule has 21 heavy (non-hydrogen) atoms. The minimum absolute atomic E-state index is 0.00930. The number of nitro groups is 1. The van der Waals surface area contributed by atoms with Gasteiger partial charge in [-0.05, 0) is 30.0 Å². The van der Waals surface area contributed by atoms with Crippen LogP contribution in [0.5, 0.6) is 5.75 Å². The van der Waals surface area contributed by atoms with E-state index in [1.807, 2.05) is 0 Å². The summed E-state index contributed by atoms with van der Waals surface area (Å²) in [7, 11) is -3.73. The molecule has 0 N–H and O–H groups in total. The molecule has 2 heterocycles. The SMILES string of the molecule is CS(=O)(=O)Oc1cccnc1Sc1ncccc1[N+](=O)[O-]. The average Bonchev–Trinajstić information content (AvgIpc) is 2.40. The molecule has 0 fully saturated rings. The first-order valence-corrected chi connectivity index (χ1v) is 8.12. The van der Waals surface area contributed by atoms with Gasteiger partial charge in [0.1, 0.15) is 5.03 Å². The van der Waals surface area contributed by atoms with E-state index in [-0.39, 0.29) is 21.5 Å². The molecule has 110 valence electrons. The van der Waals surface area contributed by atoms with E-state index in [0.717, 1.165) is 18.0 Å². The molecule has 0 aromatic carbocycles. The Balaban J connectivity index is 2.39. The van der Waals surface area contributed by atoms with Gasteiger partial charge in [-0.1, -0.05) is 0 Å². The maximum atomic E-state index is 11.2. The van der Waals surface area contributed by atoms with Crippen LogP contribution in [0.1, 0.15) is 0 Å². The Labute approximate surface area is 124 Å². The lowest BCUT2D eigenvalue weighted by atomic mass is 10.4. The fraction of sp³-hybridized carbons (Fsp3) is 0.0909. The van der Waals surface area contributed by atoms with Gasteiger partial charge in [0, 0.05) is 18.5 Å². The van der Waals surface area contributed by atoms with Crippen molar-refractivity contribution >= 4 is 27.6 Å². The summed E-state index contributed by atoms with van der Waals surface area (Å²) in [5, 5.41) is 11.2. The van der Waals surface area contributed by atoms with Crippen molar-refractivity contribution in [2.24, 2.45) is 0 Å². The summed E-state index contributed by atoms with van der Waals surface area (Å²) in [6.07, 6.45) is 3.72. The van der Waals surface area contributed by atoms with Crippen LogP contribution >= 0.6 is 11.8 Å². The maximum Gasteiger partial charge on any atom is 0.306 e. The molecular formula is C11H9N3O5S2. The minimum atomic E-state index is -3.73. The van der Waals surface area contributed by atoms with Gasteiger partial charge in [-0.15, -0.1) is 0 Å². The quantitative estimate of drug-likeness (QED) is 0.465. The second-order valence-corrected chi connectivity index (χ2v) is 6.33. The van der Waals surface area contributed by atoms with Gasteiger partial charge >= 0.3 is 15.8 Å². The van der Waals surface area contributed by atoms with Gasteiger partial charge in [-0.3, -0.25) is 10.1 Å². The number of pyridine rings is 2. The van der Waals surface area contributed by atoms with Crippen LogP contribution in [0, 0.1) is 10.1 Å². The lowest BCUT2D eigenvalue weighted by molar-refractivity contribution is -0.388. The zero-order valence-corrected chi connectivity index (χ0v) is 12.3. The third kappa shape index (κ3) is 4.13. The zero-order valence-electron chi connectivity index (χ0n) is 10.7. The van der Waals surface area contributed by atoms with Crippen molar-refractivity contribution in [3.05, 3.63) is 46.8 Å². The Kier molecular flexibility index (Phi) is 4.38. The molecule has 2 aromatic heterocycles.